The normalized spacial score (nSPS) is 11.0. The van der Waals surface area contributed by atoms with E-state index in [1.807, 2.05) is 41.3 Å². The molecule has 2 aromatic heterocycles. The summed E-state index contributed by atoms with van der Waals surface area (Å²) in [5, 5.41) is 12.6. The largest absolute Gasteiger partial charge is 0.311 e. The van der Waals surface area contributed by atoms with Crippen molar-refractivity contribution < 1.29 is 4.79 Å². The molecule has 0 fully saturated rings. The number of aromatic nitrogens is 3. The van der Waals surface area contributed by atoms with E-state index in [0.29, 0.717) is 12.4 Å². The number of carbonyl (C=O) groups excluding carboxylic acids is 1. The van der Waals surface area contributed by atoms with E-state index in [-0.39, 0.29) is 12.3 Å². The van der Waals surface area contributed by atoms with Crippen LogP contribution in [0.3, 0.4) is 0 Å². The fraction of sp³-hybridized carbons (Fsp3) is 0.150. The van der Waals surface area contributed by atoms with Crippen molar-refractivity contribution in [2.45, 2.75) is 19.9 Å². The maximum atomic E-state index is 12.3. The molecule has 0 aliphatic heterocycles. The highest BCUT2D eigenvalue weighted by Crippen LogP contribution is 2.20. The molecule has 26 heavy (non-hydrogen) atoms. The predicted molar refractivity (Wildman–Crippen MR) is 104 cm³/mol. The summed E-state index contributed by atoms with van der Waals surface area (Å²) in [4.78, 5) is 16.7. The van der Waals surface area contributed by atoms with Gasteiger partial charge in [-0.05, 0) is 23.3 Å². The van der Waals surface area contributed by atoms with Gasteiger partial charge in [0.1, 0.15) is 5.82 Å². The standard InChI is InChI=1S/C20H18N4OS/c1-14-22-17(13-26-14)11-20(25)23-19-9-10-21-24(19)12-16-7-4-6-15-5-2-3-8-18(15)16/h2-10,13H,11-12H2,1H3,(H,23,25). The molecule has 1 N–H and O–H groups in total. The average molecular weight is 362 g/mol. The van der Waals surface area contributed by atoms with Gasteiger partial charge >= 0.3 is 0 Å². The number of anilines is 1. The van der Waals surface area contributed by atoms with E-state index in [1.165, 1.54) is 10.8 Å². The average Bonchev–Trinajstić information content (AvgIpc) is 3.24. The van der Waals surface area contributed by atoms with Crippen LogP contribution in [0.25, 0.3) is 10.8 Å². The van der Waals surface area contributed by atoms with E-state index in [1.54, 1.807) is 17.5 Å². The fourth-order valence-electron chi connectivity index (χ4n) is 3.00. The molecule has 0 radical (unpaired) electrons. The van der Waals surface area contributed by atoms with Gasteiger partial charge in [-0.15, -0.1) is 11.3 Å². The molecule has 2 heterocycles. The molecule has 0 saturated carbocycles. The minimum absolute atomic E-state index is 0.0880. The highest BCUT2D eigenvalue weighted by atomic mass is 32.1. The van der Waals surface area contributed by atoms with Crippen LogP contribution in [0.2, 0.25) is 0 Å². The third kappa shape index (κ3) is 3.50. The van der Waals surface area contributed by atoms with Gasteiger partial charge in [-0.2, -0.15) is 5.10 Å². The number of nitrogens with one attached hydrogen (secondary N) is 1. The molecule has 6 heteroatoms. The number of fused-ring (bicyclic) bond motifs is 1. The van der Waals surface area contributed by atoms with Crippen LogP contribution < -0.4 is 5.32 Å². The Bertz CT molecular complexity index is 1060. The van der Waals surface area contributed by atoms with E-state index < -0.39 is 0 Å². The number of amides is 1. The first-order valence-corrected chi connectivity index (χ1v) is 9.26. The zero-order valence-electron chi connectivity index (χ0n) is 14.3. The highest BCUT2D eigenvalue weighted by Gasteiger charge is 2.11. The Morgan fingerprint density at radius 1 is 1.15 bits per heavy atom. The molecule has 4 aromatic rings. The lowest BCUT2D eigenvalue weighted by atomic mass is 10.0. The molecule has 4 rings (SSSR count). The molecule has 130 valence electrons. The van der Waals surface area contributed by atoms with Crippen molar-refractivity contribution in [2.24, 2.45) is 0 Å². The van der Waals surface area contributed by atoms with Gasteiger partial charge in [0, 0.05) is 11.4 Å². The third-order valence-corrected chi connectivity index (χ3v) is 5.01. The Hall–Kier alpha value is -2.99. The molecular formula is C20H18N4OS. The van der Waals surface area contributed by atoms with Gasteiger partial charge in [0.2, 0.25) is 5.91 Å². The Labute approximate surface area is 155 Å². The van der Waals surface area contributed by atoms with E-state index in [9.17, 15) is 4.79 Å². The fourth-order valence-corrected chi connectivity index (χ4v) is 3.61. The van der Waals surface area contributed by atoms with Crippen molar-refractivity contribution in [2.75, 3.05) is 5.32 Å². The zero-order chi connectivity index (χ0) is 17.9. The van der Waals surface area contributed by atoms with Gasteiger partial charge in [-0.3, -0.25) is 4.79 Å². The first-order valence-electron chi connectivity index (χ1n) is 8.38. The minimum Gasteiger partial charge on any atom is -0.311 e. The van der Waals surface area contributed by atoms with Crippen LogP contribution in [0.1, 0.15) is 16.3 Å². The van der Waals surface area contributed by atoms with E-state index in [0.717, 1.165) is 16.3 Å². The molecule has 0 aliphatic carbocycles. The SMILES string of the molecule is Cc1nc(CC(=O)Nc2ccnn2Cc2cccc3ccccc23)cs1. The van der Waals surface area contributed by atoms with Crippen molar-refractivity contribution >= 4 is 33.8 Å². The number of rotatable bonds is 5. The van der Waals surface area contributed by atoms with Crippen molar-refractivity contribution in [1.82, 2.24) is 14.8 Å². The Morgan fingerprint density at radius 2 is 2.00 bits per heavy atom. The van der Waals surface area contributed by atoms with E-state index in [4.69, 9.17) is 0 Å². The quantitative estimate of drug-likeness (QED) is 0.583. The summed E-state index contributed by atoms with van der Waals surface area (Å²) >= 11 is 1.55. The van der Waals surface area contributed by atoms with Crippen LogP contribution in [-0.4, -0.2) is 20.7 Å². The molecule has 0 spiro atoms. The zero-order valence-corrected chi connectivity index (χ0v) is 15.2. The van der Waals surface area contributed by atoms with Crippen LogP contribution >= 0.6 is 11.3 Å². The topological polar surface area (TPSA) is 59.8 Å². The number of hydrogen-bond acceptors (Lipinski definition) is 4. The van der Waals surface area contributed by atoms with Gasteiger partial charge in [-0.1, -0.05) is 42.5 Å². The molecule has 0 aliphatic rings. The van der Waals surface area contributed by atoms with Crippen LogP contribution in [0.5, 0.6) is 0 Å². The molecule has 0 saturated heterocycles. The van der Waals surface area contributed by atoms with Crippen LogP contribution in [0.4, 0.5) is 5.82 Å². The molecule has 2 aromatic carbocycles. The number of aryl methyl sites for hydroxylation is 1. The second-order valence-electron chi connectivity index (χ2n) is 6.10. The first-order chi connectivity index (χ1) is 12.7. The number of carbonyl (C=O) groups is 1. The van der Waals surface area contributed by atoms with E-state index in [2.05, 4.69) is 39.7 Å². The summed E-state index contributed by atoms with van der Waals surface area (Å²) in [6, 6.07) is 16.3. The third-order valence-electron chi connectivity index (χ3n) is 4.19. The van der Waals surface area contributed by atoms with E-state index >= 15 is 0 Å². The van der Waals surface area contributed by atoms with Crippen molar-refractivity contribution in [3.8, 4) is 0 Å². The van der Waals surface area contributed by atoms with Gasteiger partial charge in [0.15, 0.2) is 0 Å². The smallest absolute Gasteiger partial charge is 0.231 e. The Balaban J connectivity index is 1.52. The van der Waals surface area contributed by atoms with Gasteiger partial charge in [0.05, 0.1) is 29.9 Å². The second-order valence-corrected chi connectivity index (χ2v) is 7.16. The van der Waals surface area contributed by atoms with Gasteiger partial charge in [0.25, 0.3) is 0 Å². The maximum absolute atomic E-state index is 12.3. The van der Waals surface area contributed by atoms with Crippen molar-refractivity contribution in [1.29, 1.82) is 0 Å². The lowest BCUT2D eigenvalue weighted by molar-refractivity contribution is -0.115. The molecular weight excluding hydrogens is 344 g/mol. The van der Waals surface area contributed by atoms with Crippen LogP contribution in [-0.2, 0) is 17.8 Å². The summed E-state index contributed by atoms with van der Waals surface area (Å²) in [5.41, 5.74) is 1.96. The summed E-state index contributed by atoms with van der Waals surface area (Å²) in [6.07, 6.45) is 1.97. The molecule has 0 bridgehead atoms. The summed E-state index contributed by atoms with van der Waals surface area (Å²) < 4.78 is 1.81. The van der Waals surface area contributed by atoms with Gasteiger partial charge < -0.3 is 5.32 Å². The first kappa shape index (κ1) is 16.5. The summed E-state index contributed by atoms with van der Waals surface area (Å²) in [6.45, 7) is 2.53. The van der Waals surface area contributed by atoms with Crippen LogP contribution in [0, 0.1) is 6.92 Å². The summed E-state index contributed by atoms with van der Waals surface area (Å²) in [5.74, 6) is 0.602. The minimum atomic E-state index is -0.0880. The molecule has 0 unspecified atom stereocenters. The lowest BCUT2D eigenvalue weighted by Gasteiger charge is -2.11. The monoisotopic (exact) mass is 362 g/mol. The number of benzene rings is 2. The second kappa shape index (κ2) is 7.09. The summed E-state index contributed by atoms with van der Waals surface area (Å²) in [7, 11) is 0. The number of nitrogens with zero attached hydrogens (tertiary/aromatic N) is 3. The lowest BCUT2D eigenvalue weighted by Crippen LogP contribution is -2.18. The van der Waals surface area contributed by atoms with Gasteiger partial charge in [-0.25, -0.2) is 9.67 Å². The predicted octanol–water partition coefficient (Wildman–Crippen LogP) is 4.03. The Morgan fingerprint density at radius 3 is 2.85 bits per heavy atom. The van der Waals surface area contributed by atoms with Crippen molar-refractivity contribution in [3.63, 3.8) is 0 Å². The van der Waals surface area contributed by atoms with Crippen LogP contribution in [0.15, 0.2) is 60.1 Å². The Kier molecular flexibility index (Phi) is 4.50. The molecule has 5 nitrogen and oxygen atoms in total. The number of thiazole rings is 1. The number of hydrogen-bond donors (Lipinski definition) is 1. The van der Waals surface area contributed by atoms with Crippen molar-refractivity contribution in [3.05, 3.63) is 76.4 Å². The maximum Gasteiger partial charge on any atom is 0.231 e. The molecule has 1 amide bonds. The molecule has 0 atom stereocenters. The highest BCUT2D eigenvalue weighted by molar-refractivity contribution is 7.09.